The summed E-state index contributed by atoms with van der Waals surface area (Å²) in [5.41, 5.74) is 1.66. The predicted octanol–water partition coefficient (Wildman–Crippen LogP) is 4.29. The fourth-order valence-corrected chi connectivity index (χ4v) is 2.70. The van der Waals surface area contributed by atoms with Crippen LogP contribution in [0.1, 0.15) is 15.9 Å². The number of aldehydes is 1. The van der Waals surface area contributed by atoms with Crippen molar-refractivity contribution in [1.29, 1.82) is 0 Å². The number of carbonyl (C=O) groups is 1. The van der Waals surface area contributed by atoms with Crippen LogP contribution >= 0.6 is 0 Å². The molecule has 0 saturated heterocycles. The first-order valence-corrected chi connectivity index (χ1v) is 10.3. The summed E-state index contributed by atoms with van der Waals surface area (Å²) in [7, 11) is -1.77. The number of benzene rings is 2. The molecule has 0 aliphatic carbocycles. The molecule has 0 bridgehead atoms. The van der Waals surface area contributed by atoms with Crippen LogP contribution in [0.5, 0.6) is 11.5 Å². The van der Waals surface area contributed by atoms with Crippen LogP contribution in [0.2, 0.25) is 19.6 Å². The Labute approximate surface area is 126 Å². The number of ether oxygens (including phenoxy) is 1. The average molecular weight is 300 g/mol. The molecule has 2 aromatic rings. The van der Waals surface area contributed by atoms with Crippen LogP contribution in [-0.2, 0) is 6.61 Å². The topological polar surface area (TPSA) is 35.5 Å². The van der Waals surface area contributed by atoms with Gasteiger partial charge in [-0.1, -0.05) is 30.3 Å². The Balaban J connectivity index is 2.13. The molecule has 110 valence electrons. The first-order chi connectivity index (χ1) is 9.98. The van der Waals surface area contributed by atoms with Gasteiger partial charge in [-0.25, -0.2) is 0 Å². The van der Waals surface area contributed by atoms with Crippen molar-refractivity contribution in [2.45, 2.75) is 26.2 Å². The second kappa shape index (κ2) is 6.59. The first kappa shape index (κ1) is 15.3. The van der Waals surface area contributed by atoms with E-state index < -0.39 is 8.32 Å². The van der Waals surface area contributed by atoms with Gasteiger partial charge in [0.15, 0.2) is 6.29 Å². The summed E-state index contributed by atoms with van der Waals surface area (Å²) in [6, 6.07) is 15.3. The van der Waals surface area contributed by atoms with Crippen LogP contribution in [-0.4, -0.2) is 14.6 Å². The van der Waals surface area contributed by atoms with E-state index in [1.807, 2.05) is 30.3 Å². The molecule has 0 spiro atoms. The highest BCUT2D eigenvalue weighted by molar-refractivity contribution is 6.70. The minimum absolute atomic E-state index is 0.494. The minimum Gasteiger partial charge on any atom is -0.544 e. The quantitative estimate of drug-likeness (QED) is 0.589. The van der Waals surface area contributed by atoms with Crippen LogP contribution in [0.3, 0.4) is 0 Å². The zero-order chi connectivity index (χ0) is 15.3. The van der Waals surface area contributed by atoms with Gasteiger partial charge in [0.2, 0.25) is 8.32 Å². The largest absolute Gasteiger partial charge is 0.544 e. The molecular weight excluding hydrogens is 280 g/mol. The smallest absolute Gasteiger partial charge is 0.242 e. The molecule has 0 amide bonds. The minimum atomic E-state index is -1.77. The van der Waals surface area contributed by atoms with Gasteiger partial charge >= 0.3 is 0 Å². The maximum absolute atomic E-state index is 11.1. The van der Waals surface area contributed by atoms with Crippen molar-refractivity contribution in [1.82, 2.24) is 0 Å². The molecule has 0 radical (unpaired) electrons. The molecule has 21 heavy (non-hydrogen) atoms. The molecule has 0 unspecified atom stereocenters. The maximum Gasteiger partial charge on any atom is 0.242 e. The van der Waals surface area contributed by atoms with Gasteiger partial charge in [-0.3, -0.25) is 4.79 Å². The second-order valence-corrected chi connectivity index (χ2v) is 10.2. The Bertz CT molecular complexity index is 603. The molecule has 0 saturated carbocycles. The van der Waals surface area contributed by atoms with Gasteiger partial charge in [0.05, 0.1) is 5.56 Å². The van der Waals surface area contributed by atoms with E-state index in [1.54, 1.807) is 18.2 Å². The molecular formula is C17H20O3Si. The van der Waals surface area contributed by atoms with Crippen LogP contribution in [0.25, 0.3) is 0 Å². The van der Waals surface area contributed by atoms with Crippen molar-refractivity contribution in [2.24, 2.45) is 0 Å². The predicted molar refractivity (Wildman–Crippen MR) is 86.6 cm³/mol. The summed E-state index contributed by atoms with van der Waals surface area (Å²) in [6.07, 6.45) is 0.816. The Morgan fingerprint density at radius 3 is 2.38 bits per heavy atom. The molecule has 0 aliphatic heterocycles. The number of carbonyl (C=O) groups excluding carboxylic acids is 1. The lowest BCUT2D eigenvalue weighted by atomic mass is 10.2. The van der Waals surface area contributed by atoms with E-state index in [4.69, 9.17) is 9.16 Å². The molecule has 2 aromatic carbocycles. The van der Waals surface area contributed by atoms with Crippen LogP contribution in [0, 0.1) is 0 Å². The van der Waals surface area contributed by atoms with Crippen molar-refractivity contribution < 1.29 is 14.0 Å². The zero-order valence-corrected chi connectivity index (χ0v) is 13.6. The van der Waals surface area contributed by atoms with E-state index in [0.29, 0.717) is 23.7 Å². The first-order valence-electron chi connectivity index (χ1n) is 6.93. The maximum atomic E-state index is 11.1. The van der Waals surface area contributed by atoms with E-state index in [1.165, 1.54) is 0 Å². The lowest BCUT2D eigenvalue weighted by molar-refractivity contribution is 0.112. The summed E-state index contributed by atoms with van der Waals surface area (Å²) in [4.78, 5) is 11.1. The number of hydrogen-bond donors (Lipinski definition) is 0. The second-order valence-electron chi connectivity index (χ2n) is 5.81. The van der Waals surface area contributed by atoms with E-state index in [-0.39, 0.29) is 0 Å². The summed E-state index contributed by atoms with van der Waals surface area (Å²) >= 11 is 0. The number of rotatable bonds is 6. The van der Waals surface area contributed by atoms with Crippen molar-refractivity contribution >= 4 is 14.6 Å². The lowest BCUT2D eigenvalue weighted by Crippen LogP contribution is -2.29. The van der Waals surface area contributed by atoms with Gasteiger partial charge in [0, 0.05) is 6.07 Å². The summed E-state index contributed by atoms with van der Waals surface area (Å²) in [5, 5.41) is 0. The van der Waals surface area contributed by atoms with Gasteiger partial charge in [0.25, 0.3) is 0 Å². The fraction of sp³-hybridized carbons (Fsp3) is 0.235. The SMILES string of the molecule is C[Si](C)(C)Oc1cc(OCc2ccccc2)ccc1C=O. The third-order valence-corrected chi connectivity index (χ3v) is 3.61. The third kappa shape index (κ3) is 4.75. The van der Waals surface area contributed by atoms with Crippen molar-refractivity contribution in [3.8, 4) is 11.5 Å². The molecule has 0 N–H and O–H groups in total. The van der Waals surface area contributed by atoms with Gasteiger partial charge in [0.1, 0.15) is 18.1 Å². The van der Waals surface area contributed by atoms with E-state index in [0.717, 1.165) is 11.8 Å². The lowest BCUT2D eigenvalue weighted by Gasteiger charge is -2.21. The summed E-state index contributed by atoms with van der Waals surface area (Å²) in [6.45, 7) is 6.74. The van der Waals surface area contributed by atoms with Crippen molar-refractivity contribution in [3.63, 3.8) is 0 Å². The van der Waals surface area contributed by atoms with E-state index in [9.17, 15) is 4.79 Å². The highest BCUT2D eigenvalue weighted by atomic mass is 28.4. The molecule has 0 atom stereocenters. The highest BCUT2D eigenvalue weighted by Gasteiger charge is 2.18. The zero-order valence-electron chi connectivity index (χ0n) is 12.6. The number of hydrogen-bond acceptors (Lipinski definition) is 3. The third-order valence-electron chi connectivity index (χ3n) is 2.78. The van der Waals surface area contributed by atoms with Gasteiger partial charge < -0.3 is 9.16 Å². The fourth-order valence-electron chi connectivity index (χ4n) is 1.86. The standard InChI is InChI=1S/C17H20O3Si/c1-21(2,3)20-17-11-16(10-9-15(17)12-18)19-13-14-7-5-4-6-8-14/h4-12H,13H2,1-3H3. The molecule has 0 aliphatic rings. The summed E-state index contributed by atoms with van der Waals surface area (Å²) < 4.78 is 11.7. The van der Waals surface area contributed by atoms with Crippen LogP contribution in [0.4, 0.5) is 0 Å². The highest BCUT2D eigenvalue weighted by Crippen LogP contribution is 2.26. The molecule has 3 nitrogen and oxygen atoms in total. The molecule has 0 aromatic heterocycles. The van der Waals surface area contributed by atoms with Crippen LogP contribution < -0.4 is 9.16 Å². The normalized spacial score (nSPS) is 11.0. The molecule has 2 rings (SSSR count). The van der Waals surface area contributed by atoms with Crippen LogP contribution in [0.15, 0.2) is 48.5 Å². The Morgan fingerprint density at radius 2 is 1.76 bits per heavy atom. The average Bonchev–Trinajstić information content (AvgIpc) is 2.45. The Morgan fingerprint density at radius 1 is 1.05 bits per heavy atom. The monoisotopic (exact) mass is 300 g/mol. The Kier molecular flexibility index (Phi) is 4.80. The summed E-state index contributed by atoms with van der Waals surface area (Å²) in [5.74, 6) is 1.31. The Hall–Kier alpha value is -2.07. The van der Waals surface area contributed by atoms with E-state index >= 15 is 0 Å². The molecule has 0 heterocycles. The van der Waals surface area contributed by atoms with Crippen molar-refractivity contribution in [2.75, 3.05) is 0 Å². The molecule has 4 heteroatoms. The molecule has 0 fully saturated rings. The van der Waals surface area contributed by atoms with Gasteiger partial charge in [-0.05, 0) is 37.3 Å². The van der Waals surface area contributed by atoms with Gasteiger partial charge in [-0.2, -0.15) is 0 Å². The van der Waals surface area contributed by atoms with E-state index in [2.05, 4.69) is 19.6 Å². The van der Waals surface area contributed by atoms with Gasteiger partial charge in [-0.15, -0.1) is 0 Å². The van der Waals surface area contributed by atoms with Crippen molar-refractivity contribution in [3.05, 3.63) is 59.7 Å².